The summed E-state index contributed by atoms with van der Waals surface area (Å²) < 4.78 is 36.1. The lowest BCUT2D eigenvalue weighted by molar-refractivity contribution is 0.0299. The summed E-state index contributed by atoms with van der Waals surface area (Å²) in [6, 6.07) is 15.7. The van der Waals surface area contributed by atoms with Crippen molar-refractivity contribution in [3.05, 3.63) is 129 Å². The lowest BCUT2D eigenvalue weighted by Gasteiger charge is -2.45. The molecule has 0 unspecified atom stereocenters. The number of hydrogen-bond donors (Lipinski definition) is 1. The second kappa shape index (κ2) is 12.4. The number of halogens is 2. The van der Waals surface area contributed by atoms with Crippen LogP contribution in [-0.2, 0) is 26.2 Å². The molecule has 0 radical (unpaired) electrons. The van der Waals surface area contributed by atoms with Crippen LogP contribution in [0.2, 0.25) is 0 Å². The van der Waals surface area contributed by atoms with Crippen LogP contribution in [0.15, 0.2) is 84.0 Å². The minimum atomic E-state index is -0.814. The van der Waals surface area contributed by atoms with Crippen LogP contribution < -0.4 is 15.5 Å². The summed E-state index contributed by atoms with van der Waals surface area (Å²) in [5, 5.41) is 3.35. The molecule has 2 aliphatic heterocycles. The van der Waals surface area contributed by atoms with Gasteiger partial charge >= 0.3 is 0 Å². The van der Waals surface area contributed by atoms with Crippen molar-refractivity contribution in [3.63, 3.8) is 0 Å². The average molecular weight is 600 g/mol. The molecule has 2 aliphatic rings. The van der Waals surface area contributed by atoms with Crippen molar-refractivity contribution in [2.45, 2.75) is 51.8 Å². The highest BCUT2D eigenvalue weighted by Gasteiger charge is 2.41. The number of amides is 2. The highest BCUT2D eigenvalue weighted by molar-refractivity contribution is 5.99. The molecule has 2 atom stereocenters. The van der Waals surface area contributed by atoms with E-state index < -0.39 is 23.0 Å². The number of nitrogens with one attached hydrogen (secondary N) is 1. The minimum Gasteiger partial charge on any atom is -0.483 e. The standard InChI is InChI=1S/C33H31F2N5O4/c1-21-11-13-37-28-19-38-18-26(30(41)31(29(38)33(43)40(21)28)44-20-22-6-3-2-4-7-22)32(42)39(16-23-8-5-12-36-15-23)17-24-9-10-25(34)14-27(24)35/h2-10,12,14-15,18,21,28,37H,11,13,16-17,19-20H2,1H3/t21-,28-/m0/s1. The summed E-state index contributed by atoms with van der Waals surface area (Å²) in [6.45, 7) is 2.74. The van der Waals surface area contributed by atoms with E-state index in [2.05, 4.69) is 10.3 Å². The van der Waals surface area contributed by atoms with Gasteiger partial charge in [0.15, 0.2) is 11.4 Å². The first-order chi connectivity index (χ1) is 21.3. The number of carbonyl (C=O) groups excluding carboxylic acids is 2. The monoisotopic (exact) mass is 599 g/mol. The highest BCUT2D eigenvalue weighted by Crippen LogP contribution is 2.29. The summed E-state index contributed by atoms with van der Waals surface area (Å²) in [5.41, 5.74) is 0.617. The van der Waals surface area contributed by atoms with Crippen molar-refractivity contribution < 1.29 is 23.1 Å². The van der Waals surface area contributed by atoms with E-state index in [4.69, 9.17) is 4.74 Å². The van der Waals surface area contributed by atoms with E-state index in [1.54, 1.807) is 34.0 Å². The lowest BCUT2D eigenvalue weighted by Crippen LogP contribution is -2.62. The maximum atomic E-state index is 14.8. The van der Waals surface area contributed by atoms with Crippen LogP contribution in [0.1, 0.15) is 50.9 Å². The second-order valence-corrected chi connectivity index (χ2v) is 11.1. The fourth-order valence-corrected chi connectivity index (χ4v) is 5.76. The number of ether oxygens (including phenoxy) is 1. The highest BCUT2D eigenvalue weighted by atomic mass is 19.1. The largest absolute Gasteiger partial charge is 0.483 e. The Balaban J connectivity index is 1.44. The van der Waals surface area contributed by atoms with Gasteiger partial charge < -0.3 is 19.1 Å². The Morgan fingerprint density at radius 2 is 1.86 bits per heavy atom. The van der Waals surface area contributed by atoms with Gasteiger partial charge in [0, 0.05) is 49.4 Å². The molecular weight excluding hydrogens is 568 g/mol. The average Bonchev–Trinajstić information content (AvgIpc) is 3.02. The molecule has 0 spiro atoms. The Labute approximate surface area is 252 Å². The predicted octanol–water partition coefficient (Wildman–Crippen LogP) is 4.11. The molecule has 0 bridgehead atoms. The number of rotatable bonds is 8. The SMILES string of the molecule is C[C@H]1CCN[C@@H]2Cn3cc(C(=O)N(Cc4cccnc4)Cc4ccc(F)cc4F)c(=O)c(OCc4ccccc4)c3C(=O)N12. The normalized spacial score (nSPS) is 17.5. The van der Waals surface area contributed by atoms with Crippen LogP contribution in [0.4, 0.5) is 8.78 Å². The van der Waals surface area contributed by atoms with E-state index in [0.717, 1.165) is 30.7 Å². The Hall–Kier alpha value is -4.90. The summed E-state index contributed by atoms with van der Waals surface area (Å²) in [4.78, 5) is 49.3. The van der Waals surface area contributed by atoms with Crippen molar-refractivity contribution in [2.75, 3.05) is 6.54 Å². The van der Waals surface area contributed by atoms with Crippen LogP contribution in [0.3, 0.4) is 0 Å². The van der Waals surface area contributed by atoms with Gasteiger partial charge in [-0.05, 0) is 43.1 Å². The van der Waals surface area contributed by atoms with Crippen molar-refractivity contribution in [1.29, 1.82) is 0 Å². The predicted molar refractivity (Wildman–Crippen MR) is 158 cm³/mol. The molecule has 11 heteroatoms. The molecule has 2 amide bonds. The topological polar surface area (TPSA) is 96.8 Å². The van der Waals surface area contributed by atoms with Crippen LogP contribution in [-0.4, -0.2) is 49.9 Å². The number of hydrogen-bond acceptors (Lipinski definition) is 6. The first-order valence-electron chi connectivity index (χ1n) is 14.4. The van der Waals surface area contributed by atoms with E-state index in [9.17, 15) is 23.2 Å². The van der Waals surface area contributed by atoms with Crippen molar-refractivity contribution in [3.8, 4) is 5.75 Å². The molecule has 6 rings (SSSR count). The molecule has 1 N–H and O–H groups in total. The first kappa shape index (κ1) is 29.2. The molecule has 4 aromatic rings. The number of fused-ring (bicyclic) bond motifs is 2. The number of aromatic nitrogens is 2. The van der Waals surface area contributed by atoms with Gasteiger partial charge in [-0.1, -0.05) is 42.5 Å². The number of nitrogens with zero attached hydrogens (tertiary/aromatic N) is 4. The van der Waals surface area contributed by atoms with Gasteiger partial charge in [0.2, 0.25) is 5.43 Å². The molecule has 2 aromatic heterocycles. The second-order valence-electron chi connectivity index (χ2n) is 11.1. The Bertz CT molecular complexity index is 1750. The van der Waals surface area contributed by atoms with Gasteiger partial charge in [0.1, 0.15) is 30.0 Å². The molecule has 0 saturated carbocycles. The molecule has 4 heterocycles. The van der Waals surface area contributed by atoms with Gasteiger partial charge in [-0.15, -0.1) is 0 Å². The number of benzene rings is 2. The fraction of sp³-hybridized carbons (Fsp3) is 0.273. The summed E-state index contributed by atoms with van der Waals surface area (Å²) in [5.74, 6) is -2.82. The van der Waals surface area contributed by atoms with Gasteiger partial charge in [-0.3, -0.25) is 24.7 Å². The molecular formula is C33H31F2N5O4. The summed E-state index contributed by atoms with van der Waals surface area (Å²) in [6.07, 6.45) is 4.97. The van der Waals surface area contributed by atoms with Gasteiger partial charge in [0.05, 0.1) is 6.54 Å². The van der Waals surface area contributed by atoms with Crippen molar-refractivity contribution in [2.24, 2.45) is 0 Å². The zero-order valence-corrected chi connectivity index (χ0v) is 24.1. The van der Waals surface area contributed by atoms with E-state index in [-0.39, 0.29) is 60.4 Å². The van der Waals surface area contributed by atoms with Crippen LogP contribution >= 0.6 is 0 Å². The maximum Gasteiger partial charge on any atom is 0.276 e. The molecule has 0 aliphatic carbocycles. The van der Waals surface area contributed by atoms with Crippen LogP contribution in [0, 0.1) is 11.6 Å². The minimum absolute atomic E-state index is 0.000704. The van der Waals surface area contributed by atoms with Crippen LogP contribution in [0.25, 0.3) is 0 Å². The molecule has 1 saturated heterocycles. The van der Waals surface area contributed by atoms with Gasteiger partial charge in [0.25, 0.3) is 11.8 Å². The third-order valence-electron chi connectivity index (χ3n) is 8.01. The van der Waals surface area contributed by atoms with Crippen LogP contribution in [0.5, 0.6) is 5.75 Å². The first-order valence-corrected chi connectivity index (χ1v) is 14.4. The molecule has 44 heavy (non-hydrogen) atoms. The smallest absolute Gasteiger partial charge is 0.276 e. The third kappa shape index (κ3) is 5.83. The van der Waals surface area contributed by atoms with E-state index >= 15 is 0 Å². The maximum absolute atomic E-state index is 14.8. The van der Waals surface area contributed by atoms with E-state index in [1.165, 1.54) is 17.2 Å². The quantitative estimate of drug-likeness (QED) is 0.328. The summed E-state index contributed by atoms with van der Waals surface area (Å²) in [7, 11) is 0. The lowest BCUT2D eigenvalue weighted by atomic mass is 10.0. The van der Waals surface area contributed by atoms with E-state index in [0.29, 0.717) is 12.1 Å². The zero-order valence-electron chi connectivity index (χ0n) is 24.1. The molecule has 9 nitrogen and oxygen atoms in total. The van der Waals surface area contributed by atoms with E-state index in [1.807, 2.05) is 37.3 Å². The molecule has 2 aromatic carbocycles. The molecule has 1 fully saturated rings. The Morgan fingerprint density at radius 1 is 1.07 bits per heavy atom. The van der Waals surface area contributed by atoms with Gasteiger partial charge in [-0.25, -0.2) is 8.78 Å². The van der Waals surface area contributed by atoms with Crippen molar-refractivity contribution in [1.82, 2.24) is 24.7 Å². The summed E-state index contributed by atoms with van der Waals surface area (Å²) >= 11 is 0. The van der Waals surface area contributed by atoms with Crippen molar-refractivity contribution >= 4 is 11.8 Å². The zero-order chi connectivity index (χ0) is 30.8. The van der Waals surface area contributed by atoms with Gasteiger partial charge in [-0.2, -0.15) is 0 Å². The Morgan fingerprint density at radius 3 is 2.61 bits per heavy atom. The number of carbonyl (C=O) groups is 2. The Kier molecular flexibility index (Phi) is 8.21. The third-order valence-corrected chi connectivity index (χ3v) is 8.01. The number of pyridine rings is 2. The molecule has 226 valence electrons. The fourth-order valence-electron chi connectivity index (χ4n) is 5.76.